The van der Waals surface area contributed by atoms with Crippen molar-refractivity contribution in [2.75, 3.05) is 37.9 Å². The molecule has 0 radical (unpaired) electrons. The van der Waals surface area contributed by atoms with E-state index in [0.717, 1.165) is 11.4 Å². The number of hydrogen-bond donors (Lipinski definition) is 3. The number of amides is 2. The number of ether oxygens (including phenoxy) is 2. The molecule has 2 aromatic heterocycles. The maximum Gasteiger partial charge on any atom is 0.319 e. The van der Waals surface area contributed by atoms with Gasteiger partial charge in [-0.3, -0.25) is 0 Å². The van der Waals surface area contributed by atoms with Gasteiger partial charge in [0, 0.05) is 36.6 Å². The van der Waals surface area contributed by atoms with Crippen molar-refractivity contribution < 1.29 is 14.3 Å². The lowest BCUT2D eigenvalue weighted by molar-refractivity contribution is 0.252. The molecule has 3 aromatic rings. The first-order valence-corrected chi connectivity index (χ1v) is 9.79. The van der Waals surface area contributed by atoms with Crippen molar-refractivity contribution in [1.29, 1.82) is 0 Å². The molecule has 2 heterocycles. The average Bonchev–Trinajstić information content (AvgIpc) is 3.08. The minimum absolute atomic E-state index is 0.323. The van der Waals surface area contributed by atoms with Crippen LogP contribution in [-0.2, 0) is 0 Å². The minimum atomic E-state index is -0.323. The van der Waals surface area contributed by atoms with E-state index in [1.165, 1.54) is 0 Å². The molecule has 0 aliphatic rings. The van der Waals surface area contributed by atoms with Gasteiger partial charge in [-0.2, -0.15) is 5.10 Å². The Morgan fingerprint density at radius 3 is 2.45 bits per heavy atom. The molecule has 0 spiro atoms. The van der Waals surface area contributed by atoms with Gasteiger partial charge in [0.25, 0.3) is 0 Å². The highest BCUT2D eigenvalue weighted by atomic mass is 16.5. The number of rotatable bonds is 8. The molecule has 164 valence electrons. The number of carbonyl (C=O) groups excluding carboxylic acids is 1. The number of carbonyl (C=O) groups is 1. The summed E-state index contributed by atoms with van der Waals surface area (Å²) in [5.74, 6) is 3.13. The van der Waals surface area contributed by atoms with Crippen LogP contribution in [0.25, 0.3) is 5.82 Å². The lowest BCUT2D eigenvalue weighted by Crippen LogP contribution is -2.32. The van der Waals surface area contributed by atoms with Crippen LogP contribution in [0.15, 0.2) is 30.3 Å². The van der Waals surface area contributed by atoms with E-state index in [-0.39, 0.29) is 6.03 Å². The highest BCUT2D eigenvalue weighted by molar-refractivity contribution is 5.89. The molecule has 0 atom stereocenters. The van der Waals surface area contributed by atoms with Gasteiger partial charge in [-0.15, -0.1) is 0 Å². The van der Waals surface area contributed by atoms with Crippen molar-refractivity contribution in [3.05, 3.63) is 47.5 Å². The van der Waals surface area contributed by atoms with Crippen LogP contribution in [0.3, 0.4) is 0 Å². The number of methoxy groups -OCH3 is 2. The van der Waals surface area contributed by atoms with Gasteiger partial charge >= 0.3 is 6.03 Å². The quantitative estimate of drug-likeness (QED) is 0.475. The lowest BCUT2D eigenvalue weighted by Gasteiger charge is -2.12. The van der Waals surface area contributed by atoms with E-state index >= 15 is 0 Å². The molecule has 1 aromatic carbocycles. The first-order valence-electron chi connectivity index (χ1n) is 9.79. The highest BCUT2D eigenvalue weighted by Crippen LogP contribution is 2.29. The summed E-state index contributed by atoms with van der Waals surface area (Å²) >= 11 is 0. The molecule has 0 saturated heterocycles. The van der Waals surface area contributed by atoms with Gasteiger partial charge in [-0.1, -0.05) is 0 Å². The summed E-state index contributed by atoms with van der Waals surface area (Å²) in [4.78, 5) is 21.0. The Labute approximate surface area is 181 Å². The Bertz CT molecular complexity index is 1070. The lowest BCUT2D eigenvalue weighted by atomic mass is 10.3. The predicted molar refractivity (Wildman–Crippen MR) is 118 cm³/mol. The van der Waals surface area contributed by atoms with Crippen molar-refractivity contribution in [3.63, 3.8) is 0 Å². The Kier molecular flexibility index (Phi) is 6.91. The number of urea groups is 1. The van der Waals surface area contributed by atoms with E-state index in [9.17, 15) is 4.79 Å². The monoisotopic (exact) mass is 425 g/mol. The summed E-state index contributed by atoms with van der Waals surface area (Å²) in [6.45, 7) is 6.64. The number of nitrogens with zero attached hydrogens (tertiary/aromatic N) is 4. The van der Waals surface area contributed by atoms with Gasteiger partial charge in [-0.25, -0.2) is 19.4 Å². The normalized spacial score (nSPS) is 10.5. The van der Waals surface area contributed by atoms with Gasteiger partial charge in [0.1, 0.15) is 11.6 Å². The number of nitrogens with one attached hydrogen (secondary N) is 3. The molecule has 0 aliphatic heterocycles. The summed E-state index contributed by atoms with van der Waals surface area (Å²) in [6.07, 6.45) is 0. The Balaban J connectivity index is 1.53. The summed E-state index contributed by atoms with van der Waals surface area (Å²) in [6, 6.07) is 8.66. The third-order valence-corrected chi connectivity index (χ3v) is 4.41. The third-order valence-electron chi connectivity index (χ3n) is 4.41. The summed E-state index contributed by atoms with van der Waals surface area (Å²) < 4.78 is 12.2. The second-order valence-corrected chi connectivity index (χ2v) is 6.87. The Morgan fingerprint density at radius 1 is 1.00 bits per heavy atom. The molecule has 3 rings (SSSR count). The Morgan fingerprint density at radius 2 is 1.77 bits per heavy atom. The van der Waals surface area contributed by atoms with E-state index in [0.29, 0.717) is 47.7 Å². The van der Waals surface area contributed by atoms with Crippen molar-refractivity contribution in [1.82, 2.24) is 25.1 Å². The number of aromatic nitrogens is 4. The zero-order chi connectivity index (χ0) is 22.4. The van der Waals surface area contributed by atoms with Crippen LogP contribution < -0.4 is 25.4 Å². The standard InChI is InChI=1S/C21H27N7O3/c1-13-10-14(2)28(27-13)20-12-19(24-15(3)25-20)22-8-9-23-21(29)26-16-6-7-17(30-4)18(11-16)31-5/h6-7,10-12H,8-9H2,1-5H3,(H,22,24,25)(H2,23,26,29). The summed E-state index contributed by atoms with van der Waals surface area (Å²) in [7, 11) is 3.10. The fraction of sp³-hybridized carbons (Fsp3) is 0.333. The fourth-order valence-electron chi connectivity index (χ4n) is 3.07. The van der Waals surface area contributed by atoms with Crippen LogP contribution >= 0.6 is 0 Å². The molecule has 31 heavy (non-hydrogen) atoms. The number of hydrogen-bond acceptors (Lipinski definition) is 7. The zero-order valence-corrected chi connectivity index (χ0v) is 18.3. The van der Waals surface area contributed by atoms with E-state index in [1.54, 1.807) is 37.1 Å². The van der Waals surface area contributed by atoms with E-state index in [1.807, 2.05) is 32.9 Å². The summed E-state index contributed by atoms with van der Waals surface area (Å²) in [5.41, 5.74) is 2.52. The number of aryl methyl sites for hydroxylation is 3. The predicted octanol–water partition coefficient (Wildman–Crippen LogP) is 2.84. The van der Waals surface area contributed by atoms with Crippen molar-refractivity contribution in [2.45, 2.75) is 20.8 Å². The van der Waals surface area contributed by atoms with Gasteiger partial charge in [0.15, 0.2) is 17.3 Å². The van der Waals surface area contributed by atoms with Crippen molar-refractivity contribution in [3.8, 4) is 17.3 Å². The molecule has 0 saturated carbocycles. The van der Waals surface area contributed by atoms with Crippen LogP contribution in [0.1, 0.15) is 17.2 Å². The third kappa shape index (κ3) is 5.62. The first-order chi connectivity index (χ1) is 14.9. The Hall–Kier alpha value is -3.82. The molecule has 0 bridgehead atoms. The zero-order valence-electron chi connectivity index (χ0n) is 18.3. The second-order valence-electron chi connectivity index (χ2n) is 6.87. The summed E-state index contributed by atoms with van der Waals surface area (Å²) in [5, 5.41) is 13.2. The van der Waals surface area contributed by atoms with Crippen molar-refractivity contribution >= 4 is 17.5 Å². The van der Waals surface area contributed by atoms with Gasteiger partial charge in [0.05, 0.1) is 19.9 Å². The largest absolute Gasteiger partial charge is 0.493 e. The molecule has 10 nitrogen and oxygen atoms in total. The molecule has 3 N–H and O–H groups in total. The molecule has 0 aliphatic carbocycles. The fourth-order valence-corrected chi connectivity index (χ4v) is 3.07. The van der Waals surface area contributed by atoms with Gasteiger partial charge in [-0.05, 0) is 39.0 Å². The van der Waals surface area contributed by atoms with Crippen LogP contribution in [0.2, 0.25) is 0 Å². The van der Waals surface area contributed by atoms with Gasteiger partial charge < -0.3 is 25.4 Å². The van der Waals surface area contributed by atoms with E-state index in [4.69, 9.17) is 9.47 Å². The van der Waals surface area contributed by atoms with E-state index in [2.05, 4.69) is 31.0 Å². The number of anilines is 2. The minimum Gasteiger partial charge on any atom is -0.493 e. The van der Waals surface area contributed by atoms with Crippen LogP contribution in [0.5, 0.6) is 11.5 Å². The van der Waals surface area contributed by atoms with Crippen LogP contribution in [-0.4, -0.2) is 53.1 Å². The molecule has 0 unspecified atom stereocenters. The maximum absolute atomic E-state index is 12.2. The molecule has 10 heteroatoms. The van der Waals surface area contributed by atoms with E-state index < -0.39 is 0 Å². The maximum atomic E-state index is 12.2. The highest BCUT2D eigenvalue weighted by Gasteiger charge is 2.09. The molecular weight excluding hydrogens is 398 g/mol. The van der Waals surface area contributed by atoms with Gasteiger partial charge in [0.2, 0.25) is 0 Å². The average molecular weight is 425 g/mol. The van der Waals surface area contributed by atoms with Crippen LogP contribution in [0, 0.1) is 20.8 Å². The smallest absolute Gasteiger partial charge is 0.319 e. The second kappa shape index (κ2) is 9.79. The van der Waals surface area contributed by atoms with Crippen molar-refractivity contribution in [2.24, 2.45) is 0 Å². The molecular formula is C21H27N7O3. The SMILES string of the molecule is COc1ccc(NC(=O)NCCNc2cc(-n3nc(C)cc3C)nc(C)n2)cc1OC. The van der Waals surface area contributed by atoms with Crippen LogP contribution in [0.4, 0.5) is 16.3 Å². The topological polar surface area (TPSA) is 115 Å². The number of benzene rings is 1. The molecule has 0 fully saturated rings. The molecule has 2 amide bonds. The first kappa shape index (κ1) is 21.9.